The number of hydrogen-bond acceptors (Lipinski definition) is 5. The predicted molar refractivity (Wildman–Crippen MR) is 130 cm³/mol. The van der Waals surface area contributed by atoms with Gasteiger partial charge in [-0.15, -0.1) is 0 Å². The molecule has 0 amide bonds. The molecule has 0 spiro atoms. The molecule has 3 aromatic rings. The maximum absolute atomic E-state index is 12.7. The maximum Gasteiger partial charge on any atom is 0.416 e. The van der Waals surface area contributed by atoms with Crippen LogP contribution in [0.2, 0.25) is 0 Å². The number of allylic oxidation sites excluding steroid dienone is 1. The Kier molecular flexibility index (Phi) is 8.20. The third-order valence-electron chi connectivity index (χ3n) is 5.07. The zero-order valence-corrected chi connectivity index (χ0v) is 19.3. The van der Waals surface area contributed by atoms with Gasteiger partial charge in [-0.25, -0.2) is 0 Å². The highest BCUT2D eigenvalue weighted by molar-refractivity contribution is 6.04. The molecule has 1 N–H and O–H groups in total. The molecular formula is C27H24F3NO4. The van der Waals surface area contributed by atoms with Gasteiger partial charge in [-0.3, -0.25) is 4.79 Å². The number of alkyl halides is 3. The molecule has 8 heteroatoms. The van der Waals surface area contributed by atoms with Crippen LogP contribution >= 0.6 is 0 Å². The fourth-order valence-electron chi connectivity index (χ4n) is 3.28. The van der Waals surface area contributed by atoms with Gasteiger partial charge in [0.1, 0.15) is 0 Å². The number of ketones is 1. The van der Waals surface area contributed by atoms with E-state index in [-0.39, 0.29) is 5.56 Å². The van der Waals surface area contributed by atoms with Crippen molar-refractivity contribution in [1.82, 2.24) is 0 Å². The summed E-state index contributed by atoms with van der Waals surface area (Å²) in [7, 11) is 4.62. The SMILES string of the molecule is COc1cc(/C=C\c2ccccc2N/C=C\C(=O)c2ccc(C(F)(F)F)cc2)cc(OC)c1OC. The molecule has 0 radical (unpaired) electrons. The fourth-order valence-corrected chi connectivity index (χ4v) is 3.28. The number of para-hydroxylation sites is 1. The summed E-state index contributed by atoms with van der Waals surface area (Å²) in [6.07, 6.45) is 2.03. The van der Waals surface area contributed by atoms with Crippen molar-refractivity contribution in [3.63, 3.8) is 0 Å². The van der Waals surface area contributed by atoms with E-state index in [1.54, 1.807) is 14.2 Å². The van der Waals surface area contributed by atoms with Gasteiger partial charge in [0.2, 0.25) is 5.75 Å². The van der Waals surface area contributed by atoms with Crippen molar-refractivity contribution in [2.75, 3.05) is 26.6 Å². The van der Waals surface area contributed by atoms with Gasteiger partial charge in [0, 0.05) is 23.5 Å². The highest BCUT2D eigenvalue weighted by Gasteiger charge is 2.30. The summed E-state index contributed by atoms with van der Waals surface area (Å²) >= 11 is 0. The lowest BCUT2D eigenvalue weighted by atomic mass is 10.1. The number of halogens is 3. The van der Waals surface area contributed by atoms with E-state index in [2.05, 4.69) is 5.32 Å². The number of carbonyl (C=O) groups is 1. The van der Waals surface area contributed by atoms with E-state index in [1.807, 2.05) is 48.6 Å². The van der Waals surface area contributed by atoms with Crippen LogP contribution in [0.15, 0.2) is 72.9 Å². The van der Waals surface area contributed by atoms with Crippen LogP contribution < -0.4 is 19.5 Å². The van der Waals surface area contributed by atoms with E-state index in [0.29, 0.717) is 17.2 Å². The molecule has 0 bridgehead atoms. The van der Waals surface area contributed by atoms with Crippen LogP contribution in [0.1, 0.15) is 27.0 Å². The van der Waals surface area contributed by atoms with Crippen molar-refractivity contribution in [3.8, 4) is 17.2 Å². The van der Waals surface area contributed by atoms with Crippen LogP contribution in [0, 0.1) is 0 Å². The van der Waals surface area contributed by atoms with Crippen molar-refractivity contribution >= 4 is 23.6 Å². The van der Waals surface area contributed by atoms with E-state index in [4.69, 9.17) is 14.2 Å². The van der Waals surface area contributed by atoms with Crippen molar-refractivity contribution in [2.24, 2.45) is 0 Å². The minimum atomic E-state index is -4.45. The summed E-state index contributed by atoms with van der Waals surface area (Å²) in [6, 6.07) is 15.2. The second-order valence-electron chi connectivity index (χ2n) is 7.30. The molecule has 0 aliphatic heterocycles. The molecule has 5 nitrogen and oxygen atoms in total. The molecule has 3 rings (SSSR count). The minimum Gasteiger partial charge on any atom is -0.493 e. The average Bonchev–Trinajstić information content (AvgIpc) is 2.86. The van der Waals surface area contributed by atoms with Crippen LogP contribution in [0.5, 0.6) is 17.2 Å². The normalized spacial score (nSPS) is 11.6. The molecule has 0 aliphatic rings. The highest BCUT2D eigenvalue weighted by Crippen LogP contribution is 2.38. The van der Waals surface area contributed by atoms with Gasteiger partial charge in [-0.2, -0.15) is 13.2 Å². The zero-order chi connectivity index (χ0) is 25.4. The van der Waals surface area contributed by atoms with Gasteiger partial charge in [0.15, 0.2) is 17.3 Å². The van der Waals surface area contributed by atoms with Gasteiger partial charge in [-0.1, -0.05) is 42.5 Å². The Hall–Kier alpha value is -4.20. The zero-order valence-electron chi connectivity index (χ0n) is 19.3. The van der Waals surface area contributed by atoms with Gasteiger partial charge in [0.25, 0.3) is 0 Å². The lowest BCUT2D eigenvalue weighted by molar-refractivity contribution is -0.137. The van der Waals surface area contributed by atoms with Gasteiger partial charge < -0.3 is 19.5 Å². The first-order chi connectivity index (χ1) is 16.8. The van der Waals surface area contributed by atoms with E-state index in [1.165, 1.54) is 19.4 Å². The monoisotopic (exact) mass is 483 g/mol. The molecule has 0 saturated heterocycles. The Morgan fingerprint density at radius 2 is 1.49 bits per heavy atom. The van der Waals surface area contributed by atoms with Crippen molar-refractivity contribution in [3.05, 3.63) is 95.2 Å². The summed E-state index contributed by atoms with van der Waals surface area (Å²) in [6.45, 7) is 0. The van der Waals surface area contributed by atoms with E-state index < -0.39 is 17.5 Å². The number of anilines is 1. The summed E-state index contributed by atoms with van der Waals surface area (Å²) in [4.78, 5) is 12.3. The second kappa shape index (κ2) is 11.3. The van der Waals surface area contributed by atoms with E-state index >= 15 is 0 Å². The third kappa shape index (κ3) is 6.44. The Balaban J connectivity index is 1.75. The first kappa shape index (κ1) is 25.4. The Bertz CT molecular complexity index is 1210. The van der Waals surface area contributed by atoms with Gasteiger partial charge in [-0.05, 0) is 41.5 Å². The molecule has 182 valence electrons. The number of carbonyl (C=O) groups excluding carboxylic acids is 1. The van der Waals surface area contributed by atoms with Crippen LogP contribution in [0.4, 0.5) is 18.9 Å². The molecule has 0 heterocycles. The van der Waals surface area contributed by atoms with Crippen LogP contribution in [0.25, 0.3) is 12.2 Å². The average molecular weight is 483 g/mol. The Labute approximate surface area is 201 Å². The van der Waals surface area contributed by atoms with Crippen LogP contribution in [-0.4, -0.2) is 27.1 Å². The van der Waals surface area contributed by atoms with Crippen LogP contribution in [-0.2, 0) is 6.18 Å². The largest absolute Gasteiger partial charge is 0.493 e. The quantitative estimate of drug-likeness (QED) is 0.208. The van der Waals surface area contributed by atoms with Crippen LogP contribution in [0.3, 0.4) is 0 Å². The fraction of sp³-hybridized carbons (Fsp3) is 0.148. The topological polar surface area (TPSA) is 56.8 Å². The molecule has 0 atom stereocenters. The molecule has 3 aromatic carbocycles. The predicted octanol–water partition coefficient (Wildman–Crippen LogP) is 6.71. The lowest BCUT2D eigenvalue weighted by Gasteiger charge is -2.13. The number of hydrogen-bond donors (Lipinski definition) is 1. The first-order valence-electron chi connectivity index (χ1n) is 10.5. The van der Waals surface area contributed by atoms with Gasteiger partial charge in [0.05, 0.1) is 26.9 Å². The smallest absolute Gasteiger partial charge is 0.416 e. The summed E-state index contributed by atoms with van der Waals surface area (Å²) < 4.78 is 54.2. The van der Waals surface area contributed by atoms with E-state index in [9.17, 15) is 18.0 Å². The van der Waals surface area contributed by atoms with Gasteiger partial charge >= 0.3 is 6.18 Å². The summed E-state index contributed by atoms with van der Waals surface area (Å²) in [5.74, 6) is 1.14. The Morgan fingerprint density at radius 3 is 2.06 bits per heavy atom. The maximum atomic E-state index is 12.7. The number of nitrogens with one attached hydrogen (secondary N) is 1. The Morgan fingerprint density at radius 1 is 0.857 bits per heavy atom. The number of benzene rings is 3. The lowest BCUT2D eigenvalue weighted by Crippen LogP contribution is -2.05. The standard InChI is InChI=1S/C27H24F3NO4/c1-33-24-16-18(17-25(34-2)26(24)35-3)8-9-19-6-4-5-7-22(19)31-15-14-23(32)20-10-12-21(13-11-20)27(28,29)30/h4-17,31H,1-3H3/b9-8-,15-14-. The molecule has 35 heavy (non-hydrogen) atoms. The number of ether oxygens (including phenoxy) is 3. The van der Waals surface area contributed by atoms with Crippen molar-refractivity contribution in [1.29, 1.82) is 0 Å². The molecule has 0 aromatic heterocycles. The molecule has 0 saturated carbocycles. The number of rotatable bonds is 9. The van der Waals surface area contributed by atoms with Crippen molar-refractivity contribution in [2.45, 2.75) is 6.18 Å². The highest BCUT2D eigenvalue weighted by atomic mass is 19.4. The molecule has 0 fully saturated rings. The summed E-state index contributed by atoms with van der Waals surface area (Å²) in [5.41, 5.74) is 1.75. The molecular weight excluding hydrogens is 459 g/mol. The second-order valence-corrected chi connectivity index (χ2v) is 7.30. The third-order valence-corrected chi connectivity index (χ3v) is 5.07. The van der Waals surface area contributed by atoms with E-state index in [0.717, 1.165) is 41.1 Å². The number of methoxy groups -OCH3 is 3. The minimum absolute atomic E-state index is 0.159. The molecule has 0 aliphatic carbocycles. The molecule has 0 unspecified atom stereocenters. The summed E-state index contributed by atoms with van der Waals surface area (Å²) in [5, 5.41) is 3.05. The first-order valence-corrected chi connectivity index (χ1v) is 10.5. The van der Waals surface area contributed by atoms with Crippen molar-refractivity contribution < 1.29 is 32.2 Å².